The molecule has 1 aromatic carbocycles. The maximum absolute atomic E-state index is 12.6. The molecular weight excluding hydrogens is 392 g/mol. The molecule has 1 saturated heterocycles. The smallest absolute Gasteiger partial charge is 0.227 e. The summed E-state index contributed by atoms with van der Waals surface area (Å²) in [4.78, 5) is 12.6. The van der Waals surface area contributed by atoms with Gasteiger partial charge in [-0.1, -0.05) is 0 Å². The van der Waals surface area contributed by atoms with Crippen molar-refractivity contribution in [1.82, 2.24) is 4.72 Å². The highest BCUT2D eigenvalue weighted by atomic mass is 32.2. The van der Waals surface area contributed by atoms with Crippen LogP contribution in [0.1, 0.15) is 52.4 Å². The van der Waals surface area contributed by atoms with E-state index in [2.05, 4.69) is 10.0 Å². The monoisotopic (exact) mass is 424 g/mol. The molecule has 0 radical (unpaired) electrons. The fourth-order valence-electron chi connectivity index (χ4n) is 3.69. The lowest BCUT2D eigenvalue weighted by Gasteiger charge is -2.28. The lowest BCUT2D eigenvalue weighted by Crippen LogP contribution is -2.42. The van der Waals surface area contributed by atoms with Gasteiger partial charge in [0.05, 0.1) is 18.5 Å². The zero-order chi connectivity index (χ0) is 20.9. The number of sulfonamides is 1. The summed E-state index contributed by atoms with van der Waals surface area (Å²) in [6.45, 7) is 4.81. The SMILES string of the molecule is CC(C)S(=O)(=O)NC1CCC(C(=O)Nc2ccc(OC3CCOCC3)cc2)CC1. The molecule has 2 aliphatic rings. The molecule has 2 N–H and O–H groups in total. The molecule has 1 heterocycles. The molecule has 1 aliphatic heterocycles. The van der Waals surface area contributed by atoms with Crippen LogP contribution in [-0.4, -0.2) is 44.9 Å². The number of carbonyl (C=O) groups is 1. The highest BCUT2D eigenvalue weighted by Gasteiger charge is 2.29. The van der Waals surface area contributed by atoms with Crippen LogP contribution in [0.3, 0.4) is 0 Å². The van der Waals surface area contributed by atoms with E-state index in [0.717, 1.165) is 37.5 Å². The summed E-state index contributed by atoms with van der Waals surface area (Å²) in [7, 11) is -3.27. The third-order valence-corrected chi connectivity index (χ3v) is 7.55. The maximum atomic E-state index is 12.6. The molecule has 1 aromatic rings. The van der Waals surface area contributed by atoms with Crippen molar-refractivity contribution in [1.29, 1.82) is 0 Å². The molecule has 8 heteroatoms. The molecule has 2 fully saturated rings. The summed E-state index contributed by atoms with van der Waals surface area (Å²) in [6.07, 6.45) is 4.71. The van der Waals surface area contributed by atoms with E-state index in [0.29, 0.717) is 25.7 Å². The second-order valence-corrected chi connectivity index (χ2v) is 10.5. The first-order chi connectivity index (χ1) is 13.8. The third kappa shape index (κ3) is 6.42. The van der Waals surface area contributed by atoms with Crippen LogP contribution in [0.4, 0.5) is 5.69 Å². The number of rotatable bonds is 7. The molecular formula is C21H32N2O5S. The first-order valence-electron chi connectivity index (χ1n) is 10.5. The molecule has 29 heavy (non-hydrogen) atoms. The van der Waals surface area contributed by atoms with Crippen LogP contribution in [0.25, 0.3) is 0 Å². The van der Waals surface area contributed by atoms with Gasteiger partial charge in [0.2, 0.25) is 15.9 Å². The Hall–Kier alpha value is -1.64. The lowest BCUT2D eigenvalue weighted by molar-refractivity contribution is -0.120. The average molecular weight is 425 g/mol. The quantitative estimate of drug-likeness (QED) is 0.702. The van der Waals surface area contributed by atoms with Crippen LogP contribution >= 0.6 is 0 Å². The van der Waals surface area contributed by atoms with Crippen molar-refractivity contribution >= 4 is 21.6 Å². The van der Waals surface area contributed by atoms with Crippen LogP contribution in [0.15, 0.2) is 24.3 Å². The Labute approximate surface area is 173 Å². The number of nitrogens with one attached hydrogen (secondary N) is 2. The number of benzene rings is 1. The van der Waals surface area contributed by atoms with Crippen molar-refractivity contribution in [2.75, 3.05) is 18.5 Å². The molecule has 0 unspecified atom stereocenters. The van der Waals surface area contributed by atoms with Gasteiger partial charge >= 0.3 is 0 Å². The minimum atomic E-state index is -3.27. The summed E-state index contributed by atoms with van der Waals surface area (Å²) in [5, 5.41) is 2.53. The Kier molecular flexibility index (Phi) is 7.54. The molecule has 1 amide bonds. The second kappa shape index (κ2) is 9.91. The number of carbonyl (C=O) groups excluding carboxylic acids is 1. The Morgan fingerprint density at radius 1 is 1.03 bits per heavy atom. The van der Waals surface area contributed by atoms with Gasteiger partial charge in [0.1, 0.15) is 11.9 Å². The Bertz CT molecular complexity index is 765. The van der Waals surface area contributed by atoms with Crippen LogP contribution < -0.4 is 14.8 Å². The van der Waals surface area contributed by atoms with E-state index in [-0.39, 0.29) is 24.0 Å². The summed E-state index contributed by atoms with van der Waals surface area (Å²) < 4.78 is 38.1. The van der Waals surface area contributed by atoms with Gasteiger partial charge in [0.15, 0.2) is 0 Å². The first-order valence-corrected chi connectivity index (χ1v) is 12.0. The second-order valence-electron chi connectivity index (χ2n) is 8.20. The summed E-state index contributed by atoms with van der Waals surface area (Å²) in [5.41, 5.74) is 0.747. The number of amides is 1. The molecule has 0 bridgehead atoms. The third-order valence-electron chi connectivity index (χ3n) is 5.64. The van der Waals surface area contributed by atoms with Crippen molar-refractivity contribution in [3.05, 3.63) is 24.3 Å². The van der Waals surface area contributed by atoms with Gasteiger partial charge in [0.25, 0.3) is 0 Å². The molecule has 0 aromatic heterocycles. The van der Waals surface area contributed by atoms with Gasteiger partial charge in [0, 0.05) is 30.5 Å². The Balaban J connectivity index is 1.44. The van der Waals surface area contributed by atoms with Crippen molar-refractivity contribution < 1.29 is 22.7 Å². The molecule has 1 aliphatic carbocycles. The van der Waals surface area contributed by atoms with Crippen molar-refractivity contribution in [3.63, 3.8) is 0 Å². The van der Waals surface area contributed by atoms with Crippen LogP contribution in [0.2, 0.25) is 0 Å². The van der Waals surface area contributed by atoms with E-state index in [1.165, 1.54) is 0 Å². The summed E-state index contributed by atoms with van der Waals surface area (Å²) in [5.74, 6) is 0.703. The number of anilines is 1. The molecule has 162 valence electrons. The van der Waals surface area contributed by atoms with Gasteiger partial charge in [-0.25, -0.2) is 13.1 Å². The lowest BCUT2D eigenvalue weighted by atomic mass is 9.86. The Morgan fingerprint density at radius 2 is 1.66 bits per heavy atom. The zero-order valence-corrected chi connectivity index (χ0v) is 18.0. The summed E-state index contributed by atoms with van der Waals surface area (Å²) >= 11 is 0. The highest BCUT2D eigenvalue weighted by Crippen LogP contribution is 2.27. The van der Waals surface area contributed by atoms with E-state index in [1.54, 1.807) is 13.8 Å². The van der Waals surface area contributed by atoms with Gasteiger partial charge < -0.3 is 14.8 Å². The molecule has 7 nitrogen and oxygen atoms in total. The normalized spacial score (nSPS) is 23.7. The van der Waals surface area contributed by atoms with E-state index in [4.69, 9.17) is 9.47 Å². The summed E-state index contributed by atoms with van der Waals surface area (Å²) in [6, 6.07) is 7.39. The first kappa shape index (κ1) is 22.1. The van der Waals surface area contributed by atoms with E-state index in [9.17, 15) is 13.2 Å². The molecule has 0 atom stereocenters. The zero-order valence-electron chi connectivity index (χ0n) is 17.2. The predicted octanol–water partition coefficient (Wildman–Crippen LogP) is 3.07. The average Bonchev–Trinajstić information content (AvgIpc) is 2.70. The van der Waals surface area contributed by atoms with Crippen molar-refractivity contribution in [3.8, 4) is 5.75 Å². The van der Waals surface area contributed by atoms with Gasteiger partial charge in [-0.15, -0.1) is 0 Å². The Morgan fingerprint density at radius 3 is 2.24 bits per heavy atom. The van der Waals surface area contributed by atoms with Gasteiger partial charge in [-0.3, -0.25) is 4.79 Å². The molecule has 3 rings (SSSR count). The van der Waals surface area contributed by atoms with E-state index in [1.807, 2.05) is 24.3 Å². The van der Waals surface area contributed by atoms with Crippen LogP contribution in [-0.2, 0) is 19.6 Å². The van der Waals surface area contributed by atoms with Crippen LogP contribution in [0, 0.1) is 5.92 Å². The predicted molar refractivity (Wildman–Crippen MR) is 112 cm³/mol. The van der Waals surface area contributed by atoms with Crippen molar-refractivity contribution in [2.24, 2.45) is 5.92 Å². The maximum Gasteiger partial charge on any atom is 0.227 e. The van der Waals surface area contributed by atoms with Gasteiger partial charge in [-0.05, 0) is 63.8 Å². The minimum Gasteiger partial charge on any atom is -0.490 e. The minimum absolute atomic E-state index is 0.00624. The topological polar surface area (TPSA) is 93.7 Å². The fourth-order valence-corrected chi connectivity index (χ4v) is 4.66. The fraction of sp³-hybridized carbons (Fsp3) is 0.667. The largest absolute Gasteiger partial charge is 0.490 e. The highest BCUT2D eigenvalue weighted by molar-refractivity contribution is 7.90. The number of ether oxygens (including phenoxy) is 2. The van der Waals surface area contributed by atoms with E-state index < -0.39 is 15.3 Å². The standard InChI is InChI=1S/C21H32N2O5S/c1-15(2)29(25,26)23-18-5-3-16(4-6-18)21(24)22-17-7-9-19(10-8-17)28-20-11-13-27-14-12-20/h7-10,15-16,18,20,23H,3-6,11-14H2,1-2H3,(H,22,24). The van der Waals surface area contributed by atoms with Crippen LogP contribution in [0.5, 0.6) is 5.75 Å². The number of hydrogen-bond acceptors (Lipinski definition) is 5. The van der Waals surface area contributed by atoms with Crippen molar-refractivity contribution in [2.45, 2.75) is 69.8 Å². The molecule has 1 saturated carbocycles. The number of hydrogen-bond donors (Lipinski definition) is 2. The van der Waals surface area contributed by atoms with E-state index >= 15 is 0 Å². The van der Waals surface area contributed by atoms with Gasteiger partial charge in [-0.2, -0.15) is 0 Å². The molecule has 0 spiro atoms.